The standard InChI is InChI=1S/C8H8O4/c9-6-3-5(7(10)4-6)1-2-8(11)12/h3H,1-2,4H2,(H,11,12). The highest BCUT2D eigenvalue weighted by Gasteiger charge is 2.21. The van der Waals surface area contributed by atoms with Crippen LogP contribution < -0.4 is 0 Å². The monoisotopic (exact) mass is 168 g/mol. The second-order valence-corrected chi connectivity index (χ2v) is 2.63. The molecule has 0 atom stereocenters. The maximum absolute atomic E-state index is 10.9. The van der Waals surface area contributed by atoms with Crippen LogP contribution in [0.15, 0.2) is 11.6 Å². The van der Waals surface area contributed by atoms with Crippen LogP contribution in [0.25, 0.3) is 0 Å². The van der Waals surface area contributed by atoms with E-state index in [-0.39, 0.29) is 30.8 Å². The van der Waals surface area contributed by atoms with E-state index in [0.29, 0.717) is 5.57 Å². The predicted molar refractivity (Wildman–Crippen MR) is 39.6 cm³/mol. The molecule has 0 unspecified atom stereocenters. The molecule has 0 aromatic carbocycles. The molecule has 4 heteroatoms. The number of hydrogen-bond donors (Lipinski definition) is 1. The first-order chi connectivity index (χ1) is 5.59. The zero-order valence-electron chi connectivity index (χ0n) is 6.37. The van der Waals surface area contributed by atoms with E-state index in [1.165, 1.54) is 6.08 Å². The van der Waals surface area contributed by atoms with Gasteiger partial charge in [0.2, 0.25) is 0 Å². The third kappa shape index (κ3) is 2.02. The van der Waals surface area contributed by atoms with Crippen molar-refractivity contribution in [1.82, 2.24) is 0 Å². The minimum absolute atomic E-state index is 0.0883. The van der Waals surface area contributed by atoms with Gasteiger partial charge in [0.25, 0.3) is 0 Å². The molecule has 0 heterocycles. The summed E-state index contributed by atoms with van der Waals surface area (Å²) >= 11 is 0. The van der Waals surface area contributed by atoms with Crippen LogP contribution in [-0.2, 0) is 14.4 Å². The van der Waals surface area contributed by atoms with E-state index in [1.54, 1.807) is 0 Å². The molecular weight excluding hydrogens is 160 g/mol. The third-order valence-electron chi connectivity index (χ3n) is 1.64. The van der Waals surface area contributed by atoms with Gasteiger partial charge in [-0.05, 0) is 18.1 Å². The highest BCUT2D eigenvalue weighted by atomic mass is 16.4. The van der Waals surface area contributed by atoms with Crippen LogP contribution in [0.5, 0.6) is 0 Å². The second kappa shape index (κ2) is 3.30. The molecule has 0 saturated heterocycles. The van der Waals surface area contributed by atoms with E-state index < -0.39 is 5.97 Å². The van der Waals surface area contributed by atoms with E-state index in [0.717, 1.165) is 0 Å². The lowest BCUT2D eigenvalue weighted by atomic mass is 10.1. The van der Waals surface area contributed by atoms with E-state index in [9.17, 15) is 14.4 Å². The second-order valence-electron chi connectivity index (χ2n) is 2.63. The minimum Gasteiger partial charge on any atom is -0.481 e. The molecule has 1 aliphatic carbocycles. The summed E-state index contributed by atoms with van der Waals surface area (Å²) in [6.45, 7) is 0. The average molecular weight is 168 g/mol. The summed E-state index contributed by atoms with van der Waals surface area (Å²) in [7, 11) is 0. The molecule has 0 aromatic rings. The minimum atomic E-state index is -0.956. The van der Waals surface area contributed by atoms with Crippen LogP contribution in [0.1, 0.15) is 19.3 Å². The first-order valence-corrected chi connectivity index (χ1v) is 3.58. The van der Waals surface area contributed by atoms with Crippen molar-refractivity contribution < 1.29 is 19.5 Å². The van der Waals surface area contributed by atoms with E-state index in [4.69, 9.17) is 5.11 Å². The molecule has 1 N–H and O–H groups in total. The Labute approximate surface area is 68.9 Å². The normalized spacial score (nSPS) is 16.5. The van der Waals surface area contributed by atoms with Gasteiger partial charge in [-0.2, -0.15) is 0 Å². The predicted octanol–water partition coefficient (Wildman–Crippen LogP) is 0.320. The lowest BCUT2D eigenvalue weighted by molar-refractivity contribution is -0.136. The largest absolute Gasteiger partial charge is 0.481 e. The van der Waals surface area contributed by atoms with Crippen LogP contribution in [0, 0.1) is 0 Å². The SMILES string of the molecule is O=C(O)CCC1=CC(=O)CC1=O. The number of allylic oxidation sites excluding steroid dienone is 2. The molecule has 0 aliphatic heterocycles. The van der Waals surface area contributed by atoms with Gasteiger partial charge in [0.1, 0.15) is 0 Å². The van der Waals surface area contributed by atoms with Crippen LogP contribution in [0.3, 0.4) is 0 Å². The van der Waals surface area contributed by atoms with Crippen LogP contribution in [-0.4, -0.2) is 22.6 Å². The Hall–Kier alpha value is -1.45. The van der Waals surface area contributed by atoms with Gasteiger partial charge in [-0.1, -0.05) is 0 Å². The summed E-state index contributed by atoms with van der Waals surface area (Å²) in [6, 6.07) is 0. The summed E-state index contributed by atoms with van der Waals surface area (Å²) in [4.78, 5) is 31.7. The summed E-state index contributed by atoms with van der Waals surface area (Å²) < 4.78 is 0. The molecule has 0 bridgehead atoms. The smallest absolute Gasteiger partial charge is 0.303 e. The Bertz CT molecular complexity index is 275. The summed E-state index contributed by atoms with van der Waals surface area (Å²) in [5, 5.41) is 8.30. The van der Waals surface area contributed by atoms with Gasteiger partial charge >= 0.3 is 5.97 Å². The van der Waals surface area contributed by atoms with Crippen molar-refractivity contribution in [3.05, 3.63) is 11.6 Å². The lowest BCUT2D eigenvalue weighted by Crippen LogP contribution is -2.01. The number of aliphatic carboxylic acids is 1. The van der Waals surface area contributed by atoms with Crippen molar-refractivity contribution in [2.75, 3.05) is 0 Å². The zero-order chi connectivity index (χ0) is 9.14. The number of carbonyl (C=O) groups excluding carboxylic acids is 2. The van der Waals surface area contributed by atoms with Gasteiger partial charge in [0.05, 0.1) is 6.42 Å². The van der Waals surface area contributed by atoms with Crippen molar-refractivity contribution >= 4 is 17.5 Å². The van der Waals surface area contributed by atoms with Crippen molar-refractivity contribution in [1.29, 1.82) is 0 Å². The number of hydrogen-bond acceptors (Lipinski definition) is 3. The molecule has 0 radical (unpaired) electrons. The van der Waals surface area contributed by atoms with Gasteiger partial charge < -0.3 is 5.11 Å². The van der Waals surface area contributed by atoms with Gasteiger partial charge in [-0.25, -0.2) is 0 Å². The molecular formula is C8H8O4. The summed E-state index contributed by atoms with van der Waals surface area (Å²) in [5.41, 5.74) is 0.349. The van der Waals surface area contributed by atoms with E-state index >= 15 is 0 Å². The highest BCUT2D eigenvalue weighted by Crippen LogP contribution is 2.15. The molecule has 1 rings (SSSR count). The van der Waals surface area contributed by atoms with Gasteiger partial charge in [0.15, 0.2) is 11.6 Å². The Kier molecular flexibility index (Phi) is 2.38. The van der Waals surface area contributed by atoms with Gasteiger partial charge in [-0.3, -0.25) is 14.4 Å². The van der Waals surface area contributed by atoms with Gasteiger partial charge in [-0.15, -0.1) is 0 Å². The topological polar surface area (TPSA) is 71.4 Å². The van der Waals surface area contributed by atoms with Crippen LogP contribution in [0.4, 0.5) is 0 Å². The average Bonchev–Trinajstić information content (AvgIpc) is 2.26. The Balaban J connectivity index is 2.52. The number of Topliss-reactive ketones (excluding diaryl/α,β-unsaturated/α-hetero) is 1. The number of carboxylic acid groups (broad SMARTS) is 1. The number of carboxylic acids is 1. The highest BCUT2D eigenvalue weighted by molar-refractivity contribution is 6.19. The molecule has 0 fully saturated rings. The molecule has 0 spiro atoms. The number of ketones is 2. The Morgan fingerprint density at radius 1 is 1.50 bits per heavy atom. The zero-order valence-corrected chi connectivity index (χ0v) is 6.37. The number of carbonyl (C=O) groups is 3. The fourth-order valence-corrected chi connectivity index (χ4v) is 1.05. The molecule has 1 aliphatic rings. The molecule has 4 nitrogen and oxygen atoms in total. The molecule has 12 heavy (non-hydrogen) atoms. The van der Waals surface area contributed by atoms with Crippen LogP contribution in [0.2, 0.25) is 0 Å². The Morgan fingerprint density at radius 2 is 2.17 bits per heavy atom. The van der Waals surface area contributed by atoms with Crippen LogP contribution >= 0.6 is 0 Å². The first kappa shape index (κ1) is 8.64. The third-order valence-corrected chi connectivity index (χ3v) is 1.64. The summed E-state index contributed by atoms with van der Waals surface area (Å²) in [6.07, 6.45) is 1.23. The maximum atomic E-state index is 10.9. The molecule has 64 valence electrons. The Morgan fingerprint density at radius 3 is 2.58 bits per heavy atom. The number of rotatable bonds is 3. The molecule has 0 amide bonds. The summed E-state index contributed by atoms with van der Waals surface area (Å²) in [5.74, 6) is -1.41. The quantitative estimate of drug-likeness (QED) is 0.616. The van der Waals surface area contributed by atoms with Crippen molar-refractivity contribution in [2.24, 2.45) is 0 Å². The van der Waals surface area contributed by atoms with Crippen molar-refractivity contribution in [3.8, 4) is 0 Å². The fourth-order valence-electron chi connectivity index (χ4n) is 1.05. The lowest BCUT2D eigenvalue weighted by Gasteiger charge is -1.94. The van der Waals surface area contributed by atoms with E-state index in [1.807, 2.05) is 0 Å². The first-order valence-electron chi connectivity index (χ1n) is 3.58. The van der Waals surface area contributed by atoms with Crippen molar-refractivity contribution in [3.63, 3.8) is 0 Å². The van der Waals surface area contributed by atoms with Gasteiger partial charge in [0, 0.05) is 6.42 Å². The molecule has 0 saturated carbocycles. The van der Waals surface area contributed by atoms with E-state index in [2.05, 4.69) is 0 Å². The molecule has 0 aromatic heterocycles. The fraction of sp³-hybridized carbons (Fsp3) is 0.375. The van der Waals surface area contributed by atoms with Crippen molar-refractivity contribution in [2.45, 2.75) is 19.3 Å². The maximum Gasteiger partial charge on any atom is 0.303 e.